The van der Waals surface area contributed by atoms with Gasteiger partial charge in [-0.15, -0.1) is 0 Å². The molecular formula is C15H25N5O. The molecule has 6 nitrogen and oxygen atoms in total. The van der Waals surface area contributed by atoms with Crippen LogP contribution >= 0.6 is 0 Å². The van der Waals surface area contributed by atoms with Gasteiger partial charge in [0.05, 0.1) is 6.61 Å². The molecule has 2 fully saturated rings. The van der Waals surface area contributed by atoms with Gasteiger partial charge in [-0.3, -0.25) is 0 Å². The van der Waals surface area contributed by atoms with Crippen LogP contribution in [-0.2, 0) is 4.74 Å². The van der Waals surface area contributed by atoms with Gasteiger partial charge < -0.3 is 15.4 Å². The Morgan fingerprint density at radius 2 is 1.95 bits per heavy atom. The first-order chi connectivity index (χ1) is 10.3. The predicted octanol–water partition coefficient (Wildman–Crippen LogP) is 1.97. The van der Waals surface area contributed by atoms with Crippen molar-refractivity contribution < 1.29 is 4.74 Å². The molecule has 1 saturated heterocycles. The van der Waals surface area contributed by atoms with Crippen molar-refractivity contribution in [2.75, 3.05) is 37.4 Å². The zero-order chi connectivity index (χ0) is 14.7. The van der Waals surface area contributed by atoms with Crippen molar-refractivity contribution in [3.8, 4) is 0 Å². The van der Waals surface area contributed by atoms with Crippen LogP contribution in [0, 0.1) is 5.92 Å². The Morgan fingerprint density at radius 3 is 2.71 bits per heavy atom. The topological polar surface area (TPSA) is 77.2 Å². The number of hydrogen-bond donors (Lipinski definition) is 1. The van der Waals surface area contributed by atoms with Gasteiger partial charge in [-0.2, -0.15) is 15.0 Å². The molecule has 1 aromatic heterocycles. The van der Waals surface area contributed by atoms with E-state index in [2.05, 4.69) is 14.9 Å². The van der Waals surface area contributed by atoms with Crippen LogP contribution in [0.15, 0.2) is 0 Å². The third kappa shape index (κ3) is 3.43. The van der Waals surface area contributed by atoms with Crippen LogP contribution in [0.3, 0.4) is 0 Å². The second kappa shape index (κ2) is 6.56. The van der Waals surface area contributed by atoms with Gasteiger partial charge in [0, 0.05) is 26.1 Å². The Labute approximate surface area is 126 Å². The third-order valence-electron chi connectivity index (χ3n) is 4.58. The van der Waals surface area contributed by atoms with E-state index in [9.17, 15) is 0 Å². The molecule has 21 heavy (non-hydrogen) atoms. The summed E-state index contributed by atoms with van der Waals surface area (Å²) in [4.78, 5) is 15.7. The van der Waals surface area contributed by atoms with Crippen molar-refractivity contribution in [3.63, 3.8) is 0 Å². The molecule has 116 valence electrons. The highest BCUT2D eigenvalue weighted by atomic mass is 16.5. The number of nitrogens with two attached hydrogens (primary N) is 1. The van der Waals surface area contributed by atoms with Crippen molar-refractivity contribution in [1.29, 1.82) is 0 Å². The van der Waals surface area contributed by atoms with Crippen LogP contribution in [-0.4, -0.2) is 41.8 Å². The monoisotopic (exact) mass is 291 g/mol. The molecule has 3 rings (SSSR count). The molecule has 1 atom stereocenters. The lowest BCUT2D eigenvalue weighted by atomic mass is 9.99. The third-order valence-corrected chi connectivity index (χ3v) is 4.58. The summed E-state index contributed by atoms with van der Waals surface area (Å²) in [6, 6.07) is 0. The van der Waals surface area contributed by atoms with Gasteiger partial charge in [-0.05, 0) is 31.6 Å². The summed E-state index contributed by atoms with van der Waals surface area (Å²) in [7, 11) is 1.76. The normalized spacial score (nSPS) is 23.7. The van der Waals surface area contributed by atoms with Crippen molar-refractivity contribution in [1.82, 2.24) is 15.0 Å². The van der Waals surface area contributed by atoms with Gasteiger partial charge in [0.1, 0.15) is 5.82 Å². The highest BCUT2D eigenvalue weighted by Crippen LogP contribution is 2.33. The molecule has 1 saturated carbocycles. The van der Waals surface area contributed by atoms with Gasteiger partial charge in [0.25, 0.3) is 0 Å². The summed E-state index contributed by atoms with van der Waals surface area (Å²) in [6.45, 7) is 2.74. The van der Waals surface area contributed by atoms with Crippen LogP contribution in [0.1, 0.15) is 50.3 Å². The number of piperidine rings is 1. The lowest BCUT2D eigenvalue weighted by Crippen LogP contribution is -2.38. The largest absolute Gasteiger partial charge is 0.384 e. The number of methoxy groups -OCH3 is 1. The van der Waals surface area contributed by atoms with E-state index in [1.165, 1.54) is 32.1 Å². The Morgan fingerprint density at radius 1 is 1.14 bits per heavy atom. The van der Waals surface area contributed by atoms with E-state index in [0.717, 1.165) is 37.9 Å². The van der Waals surface area contributed by atoms with Gasteiger partial charge in [-0.1, -0.05) is 12.8 Å². The average molecular weight is 291 g/mol. The molecule has 1 aliphatic heterocycles. The molecule has 1 unspecified atom stereocenters. The molecule has 2 aliphatic rings. The number of aromatic nitrogens is 3. The van der Waals surface area contributed by atoms with E-state index < -0.39 is 0 Å². The average Bonchev–Trinajstić information content (AvgIpc) is 3.01. The Hall–Kier alpha value is -1.43. The van der Waals surface area contributed by atoms with Crippen molar-refractivity contribution >= 4 is 11.9 Å². The molecule has 1 aromatic rings. The maximum absolute atomic E-state index is 5.91. The summed E-state index contributed by atoms with van der Waals surface area (Å²) in [5.41, 5.74) is 5.91. The minimum absolute atomic E-state index is 0.357. The van der Waals surface area contributed by atoms with Crippen molar-refractivity contribution in [2.45, 2.75) is 44.4 Å². The number of rotatable bonds is 4. The smallest absolute Gasteiger partial charge is 0.230 e. The summed E-state index contributed by atoms with van der Waals surface area (Å²) >= 11 is 0. The zero-order valence-corrected chi connectivity index (χ0v) is 12.8. The number of ether oxygens (including phenoxy) is 1. The first-order valence-corrected chi connectivity index (χ1v) is 8.01. The van der Waals surface area contributed by atoms with E-state index >= 15 is 0 Å². The second-order valence-corrected chi connectivity index (χ2v) is 6.24. The number of hydrogen-bond acceptors (Lipinski definition) is 6. The van der Waals surface area contributed by atoms with Crippen LogP contribution in [0.4, 0.5) is 11.9 Å². The van der Waals surface area contributed by atoms with Crippen LogP contribution in [0.25, 0.3) is 0 Å². The summed E-state index contributed by atoms with van der Waals surface area (Å²) in [6.07, 6.45) is 7.25. The number of nitrogens with zero attached hydrogens (tertiary/aromatic N) is 4. The fourth-order valence-electron chi connectivity index (χ4n) is 3.52. The van der Waals surface area contributed by atoms with Crippen LogP contribution < -0.4 is 10.6 Å². The molecule has 6 heteroatoms. The maximum atomic E-state index is 5.91. The first-order valence-electron chi connectivity index (χ1n) is 8.01. The van der Waals surface area contributed by atoms with Crippen LogP contribution in [0.2, 0.25) is 0 Å². The Kier molecular flexibility index (Phi) is 4.53. The molecule has 0 aromatic carbocycles. The minimum atomic E-state index is 0.357. The number of nitrogen functional groups attached to an aromatic ring is 1. The summed E-state index contributed by atoms with van der Waals surface area (Å²) < 4.78 is 5.29. The zero-order valence-electron chi connectivity index (χ0n) is 12.8. The quantitative estimate of drug-likeness (QED) is 0.914. The highest BCUT2D eigenvalue weighted by Gasteiger charge is 2.25. The Balaban J connectivity index is 1.77. The lowest BCUT2D eigenvalue weighted by Gasteiger charge is -2.32. The molecule has 0 amide bonds. The van der Waals surface area contributed by atoms with E-state index in [4.69, 9.17) is 15.5 Å². The lowest BCUT2D eigenvalue weighted by molar-refractivity contribution is 0.143. The first kappa shape index (κ1) is 14.5. The molecule has 2 N–H and O–H groups in total. The molecule has 2 heterocycles. The van der Waals surface area contributed by atoms with Gasteiger partial charge in [-0.25, -0.2) is 0 Å². The fourth-order valence-corrected chi connectivity index (χ4v) is 3.52. The molecular weight excluding hydrogens is 266 g/mol. The van der Waals surface area contributed by atoms with Gasteiger partial charge in [0.15, 0.2) is 0 Å². The SMILES string of the molecule is COCC1CCCN(c2nc(N)nc(C3CCCC3)n2)C1. The minimum Gasteiger partial charge on any atom is -0.384 e. The molecule has 0 radical (unpaired) electrons. The molecule has 0 bridgehead atoms. The number of anilines is 2. The second-order valence-electron chi connectivity index (χ2n) is 6.24. The maximum Gasteiger partial charge on any atom is 0.230 e. The summed E-state index contributed by atoms with van der Waals surface area (Å²) in [5, 5.41) is 0. The van der Waals surface area contributed by atoms with E-state index in [-0.39, 0.29) is 0 Å². The van der Waals surface area contributed by atoms with Gasteiger partial charge >= 0.3 is 0 Å². The van der Waals surface area contributed by atoms with E-state index in [1.807, 2.05) is 0 Å². The fraction of sp³-hybridized carbons (Fsp3) is 0.800. The summed E-state index contributed by atoms with van der Waals surface area (Å²) in [5.74, 6) is 3.02. The Bertz CT molecular complexity index is 473. The van der Waals surface area contributed by atoms with Crippen molar-refractivity contribution in [3.05, 3.63) is 5.82 Å². The van der Waals surface area contributed by atoms with E-state index in [0.29, 0.717) is 17.8 Å². The van der Waals surface area contributed by atoms with Gasteiger partial charge in [0.2, 0.25) is 11.9 Å². The molecule has 0 spiro atoms. The van der Waals surface area contributed by atoms with Crippen LogP contribution in [0.5, 0.6) is 0 Å². The predicted molar refractivity (Wildman–Crippen MR) is 82.3 cm³/mol. The molecule has 1 aliphatic carbocycles. The van der Waals surface area contributed by atoms with Crippen molar-refractivity contribution in [2.24, 2.45) is 5.92 Å². The van der Waals surface area contributed by atoms with E-state index in [1.54, 1.807) is 7.11 Å². The highest BCUT2D eigenvalue weighted by molar-refractivity contribution is 5.36. The standard InChI is InChI=1S/C15H25N5O/c1-21-10-11-5-4-8-20(9-11)15-18-13(17-14(16)19-15)12-6-2-3-7-12/h11-12H,2-10H2,1H3,(H2,16,17,18,19).